The van der Waals surface area contributed by atoms with E-state index in [1.807, 2.05) is 18.2 Å². The van der Waals surface area contributed by atoms with E-state index in [2.05, 4.69) is 5.32 Å². The number of rotatable bonds is 5. The molecule has 2 amide bonds. The number of hydrazine groups is 1. The Morgan fingerprint density at radius 3 is 2.44 bits per heavy atom. The van der Waals surface area contributed by atoms with E-state index in [1.54, 1.807) is 33.0 Å². The Labute approximate surface area is 167 Å². The smallest absolute Gasteiger partial charge is 0.327 e. The van der Waals surface area contributed by atoms with Crippen LogP contribution >= 0.6 is 24.2 Å². The van der Waals surface area contributed by atoms with Gasteiger partial charge in [0.1, 0.15) is 23.5 Å². The highest BCUT2D eigenvalue weighted by Gasteiger charge is 2.64. The first kappa shape index (κ1) is 21.5. The van der Waals surface area contributed by atoms with Crippen LogP contribution in [-0.2, 0) is 14.4 Å². The van der Waals surface area contributed by atoms with E-state index in [4.69, 9.17) is 5.84 Å². The number of fused-ring (bicyclic) bond motifs is 1. The summed E-state index contributed by atoms with van der Waals surface area (Å²) in [5, 5.41) is 13.1. The molecule has 0 unspecified atom stereocenters. The Morgan fingerprint density at radius 1 is 1.33 bits per heavy atom. The number of carboxylic acid groups (broad SMARTS) is 1. The molecule has 1 aromatic rings. The van der Waals surface area contributed by atoms with Gasteiger partial charge in [0.25, 0.3) is 0 Å². The highest BCUT2D eigenvalue weighted by molar-refractivity contribution is 8.01. The van der Waals surface area contributed by atoms with Gasteiger partial charge in [0.05, 0.1) is 0 Å². The average molecular weight is 415 g/mol. The van der Waals surface area contributed by atoms with Crippen LogP contribution < -0.4 is 11.2 Å². The minimum absolute atomic E-state index is 0. The van der Waals surface area contributed by atoms with Crippen molar-refractivity contribution in [2.24, 2.45) is 5.84 Å². The standard InChI is InChI=1S/C17H22N4O4S.ClH/c1-17(2)12(16(24)25)21-14(23)10(15(21)26-17)19-13(22)11(20(3)18)9-7-5-4-6-8-9;/h4-8,10-12,15H,18H2,1-3H3,(H,19,22)(H,24,25);1H/t10-,11-,12+,15-;/m1./s1. The second kappa shape index (κ2) is 7.67. The number of β-lactam (4-membered cyclic amide) rings is 1. The van der Waals surface area contributed by atoms with Gasteiger partial charge in [-0.1, -0.05) is 30.3 Å². The highest BCUT2D eigenvalue weighted by Crippen LogP contribution is 2.50. The Kier molecular flexibility index (Phi) is 6.10. The predicted octanol–water partition coefficient (Wildman–Crippen LogP) is 0.587. The lowest BCUT2D eigenvalue weighted by Crippen LogP contribution is -2.71. The van der Waals surface area contributed by atoms with Crippen LogP contribution in [0.15, 0.2) is 30.3 Å². The number of carbonyl (C=O) groups is 3. The molecule has 4 N–H and O–H groups in total. The topological polar surface area (TPSA) is 116 Å². The molecular formula is C17H23ClN4O4S. The average Bonchev–Trinajstić information content (AvgIpc) is 2.82. The Balaban J connectivity index is 0.00000261. The van der Waals surface area contributed by atoms with Gasteiger partial charge in [-0.05, 0) is 19.4 Å². The molecule has 148 valence electrons. The number of halogens is 1. The number of nitrogens with one attached hydrogen (secondary N) is 1. The molecule has 2 saturated heterocycles. The number of carboxylic acids is 1. The molecule has 10 heteroatoms. The number of benzene rings is 1. The number of nitrogens with zero attached hydrogens (tertiary/aromatic N) is 2. The second-order valence-corrected chi connectivity index (χ2v) is 8.83. The zero-order chi connectivity index (χ0) is 19.2. The van der Waals surface area contributed by atoms with Gasteiger partial charge < -0.3 is 15.3 Å². The monoisotopic (exact) mass is 414 g/mol. The number of amides is 2. The lowest BCUT2D eigenvalue weighted by molar-refractivity contribution is -0.161. The molecule has 0 bridgehead atoms. The van der Waals surface area contributed by atoms with Gasteiger partial charge >= 0.3 is 5.97 Å². The molecule has 2 fully saturated rings. The number of hydrogen-bond donors (Lipinski definition) is 3. The summed E-state index contributed by atoms with van der Waals surface area (Å²) in [5.74, 6) is 4.04. The van der Waals surface area contributed by atoms with Gasteiger partial charge in [-0.2, -0.15) is 0 Å². The van der Waals surface area contributed by atoms with Gasteiger partial charge in [0.15, 0.2) is 0 Å². The molecule has 0 radical (unpaired) electrons. The first-order chi connectivity index (χ1) is 12.1. The van der Waals surface area contributed by atoms with E-state index >= 15 is 0 Å². The second-order valence-electron chi connectivity index (χ2n) is 7.06. The van der Waals surface area contributed by atoms with Crippen LogP contribution in [-0.4, -0.2) is 62.1 Å². The van der Waals surface area contributed by atoms with E-state index in [9.17, 15) is 19.5 Å². The summed E-state index contributed by atoms with van der Waals surface area (Å²) in [5.41, 5.74) is 0.710. The molecular weight excluding hydrogens is 392 g/mol. The first-order valence-electron chi connectivity index (χ1n) is 8.21. The molecule has 2 aliphatic rings. The normalized spacial score (nSPS) is 26.6. The summed E-state index contributed by atoms with van der Waals surface area (Å²) in [6.45, 7) is 3.59. The van der Waals surface area contributed by atoms with Gasteiger partial charge in [-0.3, -0.25) is 15.4 Å². The fourth-order valence-corrected chi connectivity index (χ4v) is 5.21. The maximum absolute atomic E-state index is 12.8. The number of carbonyl (C=O) groups excluding carboxylic acids is 2. The van der Waals surface area contributed by atoms with Gasteiger partial charge in [-0.15, -0.1) is 24.2 Å². The third-order valence-electron chi connectivity index (χ3n) is 4.74. The van der Waals surface area contributed by atoms with Crippen LogP contribution in [0.5, 0.6) is 0 Å². The number of aliphatic carboxylic acids is 1. The lowest BCUT2D eigenvalue weighted by Gasteiger charge is -2.44. The summed E-state index contributed by atoms with van der Waals surface area (Å²) < 4.78 is -0.630. The van der Waals surface area contributed by atoms with E-state index in [0.29, 0.717) is 5.56 Å². The zero-order valence-corrected chi connectivity index (χ0v) is 16.8. The molecule has 2 heterocycles. The van der Waals surface area contributed by atoms with Crippen molar-refractivity contribution in [2.45, 2.75) is 42.1 Å². The summed E-state index contributed by atoms with van der Waals surface area (Å²) in [6, 6.07) is 6.64. The number of nitrogens with two attached hydrogens (primary N) is 1. The van der Waals surface area contributed by atoms with E-state index in [-0.39, 0.29) is 23.7 Å². The van der Waals surface area contributed by atoms with Crippen molar-refractivity contribution >= 4 is 42.0 Å². The van der Waals surface area contributed by atoms with Crippen LogP contribution in [0.3, 0.4) is 0 Å². The maximum Gasteiger partial charge on any atom is 0.327 e. The summed E-state index contributed by atoms with van der Waals surface area (Å²) in [4.78, 5) is 38.2. The van der Waals surface area contributed by atoms with Crippen molar-refractivity contribution in [3.8, 4) is 0 Å². The molecule has 3 rings (SSSR count). The highest BCUT2D eigenvalue weighted by atomic mass is 35.5. The lowest BCUT2D eigenvalue weighted by atomic mass is 9.95. The minimum Gasteiger partial charge on any atom is -0.480 e. The molecule has 8 nitrogen and oxygen atoms in total. The van der Waals surface area contributed by atoms with Crippen LogP contribution in [0.1, 0.15) is 25.5 Å². The Hall–Kier alpha value is -1.81. The van der Waals surface area contributed by atoms with Crippen LogP contribution in [0.4, 0.5) is 0 Å². The molecule has 0 aromatic heterocycles. The van der Waals surface area contributed by atoms with Crippen molar-refractivity contribution in [1.82, 2.24) is 15.2 Å². The van der Waals surface area contributed by atoms with Gasteiger partial charge in [0, 0.05) is 11.8 Å². The van der Waals surface area contributed by atoms with Crippen LogP contribution in [0, 0.1) is 0 Å². The summed E-state index contributed by atoms with van der Waals surface area (Å²) >= 11 is 1.39. The largest absolute Gasteiger partial charge is 0.480 e. The predicted molar refractivity (Wildman–Crippen MR) is 104 cm³/mol. The molecule has 0 aliphatic carbocycles. The fourth-order valence-electron chi connectivity index (χ4n) is 3.58. The Bertz CT molecular complexity index is 746. The summed E-state index contributed by atoms with van der Waals surface area (Å²) in [7, 11) is 1.58. The van der Waals surface area contributed by atoms with E-state index < -0.39 is 34.7 Å². The van der Waals surface area contributed by atoms with E-state index in [1.165, 1.54) is 21.7 Å². The SMILES string of the molecule is CN(N)[C@@H](C(=O)N[C@@H]1C(=O)N2[C@@H]1SC(C)(C)[C@@H]2C(=O)O)c1ccccc1.Cl. The fraction of sp³-hybridized carbons (Fsp3) is 0.471. The van der Waals surface area contributed by atoms with Crippen LogP contribution in [0.2, 0.25) is 0 Å². The van der Waals surface area contributed by atoms with Crippen molar-refractivity contribution in [3.05, 3.63) is 35.9 Å². The zero-order valence-electron chi connectivity index (χ0n) is 15.2. The number of hydrogen-bond acceptors (Lipinski definition) is 6. The molecule has 0 saturated carbocycles. The minimum atomic E-state index is -1.04. The van der Waals surface area contributed by atoms with Crippen molar-refractivity contribution in [2.75, 3.05) is 7.05 Å². The number of likely N-dealkylation sites (N-methyl/N-ethyl adjacent to an activating group) is 1. The molecule has 0 spiro atoms. The number of thioether (sulfide) groups is 1. The Morgan fingerprint density at radius 2 is 1.93 bits per heavy atom. The van der Waals surface area contributed by atoms with Gasteiger partial charge in [0.2, 0.25) is 11.8 Å². The third-order valence-corrected chi connectivity index (χ3v) is 6.32. The van der Waals surface area contributed by atoms with E-state index in [0.717, 1.165) is 0 Å². The van der Waals surface area contributed by atoms with Gasteiger partial charge in [-0.25, -0.2) is 9.80 Å². The van der Waals surface area contributed by atoms with Crippen molar-refractivity contribution in [3.63, 3.8) is 0 Å². The quantitative estimate of drug-likeness (QED) is 0.366. The van der Waals surface area contributed by atoms with Crippen molar-refractivity contribution in [1.29, 1.82) is 0 Å². The van der Waals surface area contributed by atoms with Crippen LogP contribution in [0.25, 0.3) is 0 Å². The first-order valence-corrected chi connectivity index (χ1v) is 9.09. The molecule has 2 aliphatic heterocycles. The third kappa shape index (κ3) is 3.64. The maximum atomic E-state index is 12.8. The molecule has 27 heavy (non-hydrogen) atoms. The summed E-state index contributed by atoms with van der Waals surface area (Å²) in [6.07, 6.45) is 0. The molecule has 1 aromatic carbocycles. The van der Waals surface area contributed by atoms with Crippen molar-refractivity contribution < 1.29 is 19.5 Å². The molecule has 4 atom stereocenters.